The van der Waals surface area contributed by atoms with Crippen LogP contribution >= 0.6 is 0 Å². The van der Waals surface area contributed by atoms with Gasteiger partial charge in [-0.15, -0.1) is 0 Å². The molecule has 4 nitrogen and oxygen atoms in total. The Balaban J connectivity index is 1.84. The van der Waals surface area contributed by atoms with Crippen LogP contribution < -0.4 is 5.73 Å². The van der Waals surface area contributed by atoms with Gasteiger partial charge in [-0.1, -0.05) is 11.6 Å². The number of rotatable bonds is 2. The van der Waals surface area contributed by atoms with Crippen molar-refractivity contribution >= 4 is 0 Å². The number of aromatic nitrogens is 2. The molecule has 0 amide bonds. The fraction of sp³-hybridized carbons (Fsp3) is 0.500. The number of fused-ring (bicyclic) bond motifs is 1. The average molecular weight is 245 g/mol. The minimum Gasteiger partial charge on any atom is -0.359 e. The average Bonchev–Trinajstić information content (AvgIpc) is 2.88. The van der Waals surface area contributed by atoms with Gasteiger partial charge in [-0.25, -0.2) is 0 Å². The molecule has 2 N–H and O–H groups in total. The van der Waals surface area contributed by atoms with Crippen molar-refractivity contribution in [2.75, 3.05) is 0 Å². The molecule has 96 valence electrons. The van der Waals surface area contributed by atoms with Gasteiger partial charge in [0.25, 0.3) is 0 Å². The van der Waals surface area contributed by atoms with Crippen molar-refractivity contribution < 1.29 is 4.52 Å². The van der Waals surface area contributed by atoms with Gasteiger partial charge in [-0.05, 0) is 37.3 Å². The molecule has 0 fully saturated rings. The van der Waals surface area contributed by atoms with Gasteiger partial charge in [0.15, 0.2) is 5.76 Å². The molecular weight excluding hydrogens is 226 g/mol. The second-order valence-electron chi connectivity index (χ2n) is 5.20. The van der Waals surface area contributed by atoms with Crippen LogP contribution in [0.4, 0.5) is 0 Å². The van der Waals surface area contributed by atoms with Crippen molar-refractivity contribution in [3.8, 4) is 0 Å². The lowest BCUT2D eigenvalue weighted by molar-refractivity contribution is 0.373. The number of nitrogens with two attached hydrogens (primary N) is 1. The molecule has 18 heavy (non-hydrogen) atoms. The zero-order valence-corrected chi connectivity index (χ0v) is 10.7. The second kappa shape index (κ2) is 4.61. The van der Waals surface area contributed by atoms with Crippen LogP contribution in [0.3, 0.4) is 0 Å². The lowest BCUT2D eigenvalue weighted by Gasteiger charge is -2.07. The van der Waals surface area contributed by atoms with Gasteiger partial charge in [0.05, 0.1) is 12.2 Å². The quantitative estimate of drug-likeness (QED) is 0.827. The van der Waals surface area contributed by atoms with Crippen LogP contribution in [0.2, 0.25) is 0 Å². The van der Waals surface area contributed by atoms with Crippen LogP contribution in [-0.4, -0.2) is 9.72 Å². The molecule has 0 aromatic carbocycles. The van der Waals surface area contributed by atoms with Gasteiger partial charge < -0.3 is 14.8 Å². The lowest BCUT2D eigenvalue weighted by atomic mass is 10.1. The van der Waals surface area contributed by atoms with Crippen LogP contribution in [0.5, 0.6) is 0 Å². The van der Waals surface area contributed by atoms with Crippen LogP contribution in [0.15, 0.2) is 23.0 Å². The summed E-state index contributed by atoms with van der Waals surface area (Å²) in [6.45, 7) is 2.67. The molecule has 4 heteroatoms. The van der Waals surface area contributed by atoms with E-state index in [-0.39, 0.29) is 6.04 Å². The molecule has 0 saturated carbocycles. The van der Waals surface area contributed by atoms with Crippen LogP contribution in [-0.2, 0) is 13.0 Å². The Kier molecular flexibility index (Phi) is 2.96. The summed E-state index contributed by atoms with van der Waals surface area (Å²) in [5, 5.41) is 3.91. The Labute approximate surface area is 107 Å². The predicted octanol–water partition coefficient (Wildman–Crippen LogP) is 2.56. The zero-order chi connectivity index (χ0) is 12.5. The molecule has 0 spiro atoms. The third-order valence-corrected chi connectivity index (χ3v) is 3.62. The first kappa shape index (κ1) is 11.5. The minimum absolute atomic E-state index is 0.195. The highest BCUT2D eigenvalue weighted by Gasteiger charge is 2.17. The molecule has 1 aliphatic carbocycles. The van der Waals surface area contributed by atoms with Gasteiger partial charge in [0, 0.05) is 24.5 Å². The van der Waals surface area contributed by atoms with Crippen molar-refractivity contribution in [2.24, 2.45) is 5.73 Å². The van der Waals surface area contributed by atoms with E-state index in [1.165, 1.54) is 24.0 Å². The van der Waals surface area contributed by atoms with Crippen molar-refractivity contribution in [3.05, 3.63) is 41.0 Å². The topological polar surface area (TPSA) is 57.0 Å². The molecule has 2 aromatic rings. The molecule has 2 aromatic heterocycles. The highest BCUT2D eigenvalue weighted by molar-refractivity contribution is 5.29. The molecule has 0 saturated heterocycles. The summed E-state index contributed by atoms with van der Waals surface area (Å²) in [6.07, 6.45) is 9.09. The highest BCUT2D eigenvalue weighted by Crippen LogP contribution is 2.27. The van der Waals surface area contributed by atoms with E-state index in [9.17, 15) is 0 Å². The summed E-state index contributed by atoms with van der Waals surface area (Å²) >= 11 is 0. The van der Waals surface area contributed by atoms with Crippen molar-refractivity contribution in [1.82, 2.24) is 9.72 Å². The molecule has 0 bridgehead atoms. The van der Waals surface area contributed by atoms with E-state index in [1.807, 2.05) is 13.0 Å². The molecule has 3 rings (SSSR count). The molecule has 1 unspecified atom stereocenters. The molecule has 0 radical (unpaired) electrons. The van der Waals surface area contributed by atoms with E-state index < -0.39 is 0 Å². The summed E-state index contributed by atoms with van der Waals surface area (Å²) in [5.41, 5.74) is 9.84. The van der Waals surface area contributed by atoms with Crippen LogP contribution in [0.25, 0.3) is 0 Å². The number of hydrogen-bond donors (Lipinski definition) is 1. The molecule has 0 aliphatic heterocycles. The van der Waals surface area contributed by atoms with Gasteiger partial charge in [0.2, 0.25) is 0 Å². The number of nitrogens with zero attached hydrogens (tertiary/aromatic N) is 2. The Morgan fingerprint density at radius 3 is 3.11 bits per heavy atom. The summed E-state index contributed by atoms with van der Waals surface area (Å²) in [6, 6.07) is 2.17. The SMILES string of the molecule is Cc1cc(Cn2cc3c(c2)C(N)CCCC3)on1. The predicted molar refractivity (Wildman–Crippen MR) is 69.3 cm³/mol. The number of hydrogen-bond acceptors (Lipinski definition) is 3. The van der Waals surface area contributed by atoms with Crippen molar-refractivity contribution in [2.45, 2.75) is 45.2 Å². The van der Waals surface area contributed by atoms with E-state index in [4.69, 9.17) is 10.3 Å². The van der Waals surface area contributed by atoms with Gasteiger partial charge in [-0.2, -0.15) is 0 Å². The lowest BCUT2D eigenvalue weighted by Crippen LogP contribution is -2.09. The van der Waals surface area contributed by atoms with E-state index in [1.54, 1.807) is 0 Å². The number of aryl methyl sites for hydroxylation is 2. The largest absolute Gasteiger partial charge is 0.359 e. The monoisotopic (exact) mass is 245 g/mol. The Hall–Kier alpha value is -1.55. The second-order valence-corrected chi connectivity index (χ2v) is 5.20. The van der Waals surface area contributed by atoms with E-state index in [0.717, 1.165) is 30.8 Å². The smallest absolute Gasteiger partial charge is 0.156 e. The standard InChI is InChI=1S/C14H19N3O/c1-10-6-12(18-16-10)8-17-7-11-4-2-3-5-14(15)13(11)9-17/h6-7,9,14H,2-5,8,15H2,1H3. The summed E-state index contributed by atoms with van der Waals surface area (Å²) in [4.78, 5) is 0. The maximum absolute atomic E-state index is 6.21. The summed E-state index contributed by atoms with van der Waals surface area (Å²) in [7, 11) is 0. The first-order valence-corrected chi connectivity index (χ1v) is 6.58. The Bertz CT molecular complexity index is 541. The Morgan fingerprint density at radius 1 is 1.44 bits per heavy atom. The third kappa shape index (κ3) is 2.20. The van der Waals surface area contributed by atoms with Gasteiger partial charge in [0.1, 0.15) is 0 Å². The normalized spacial score (nSPS) is 19.6. The highest BCUT2D eigenvalue weighted by atomic mass is 16.5. The molecule has 1 atom stereocenters. The maximum atomic E-state index is 6.21. The maximum Gasteiger partial charge on any atom is 0.156 e. The van der Waals surface area contributed by atoms with Crippen molar-refractivity contribution in [1.29, 1.82) is 0 Å². The fourth-order valence-electron chi connectivity index (χ4n) is 2.71. The van der Waals surface area contributed by atoms with Gasteiger partial charge in [-0.3, -0.25) is 0 Å². The van der Waals surface area contributed by atoms with Gasteiger partial charge >= 0.3 is 0 Å². The van der Waals surface area contributed by atoms with E-state index >= 15 is 0 Å². The Morgan fingerprint density at radius 2 is 2.33 bits per heavy atom. The summed E-state index contributed by atoms with van der Waals surface area (Å²) < 4.78 is 7.41. The van der Waals surface area contributed by atoms with Crippen LogP contribution in [0, 0.1) is 6.92 Å². The minimum atomic E-state index is 0.195. The van der Waals surface area contributed by atoms with Crippen LogP contribution in [0.1, 0.15) is 47.9 Å². The molecular formula is C14H19N3O. The first-order valence-electron chi connectivity index (χ1n) is 6.58. The fourth-order valence-corrected chi connectivity index (χ4v) is 2.71. The summed E-state index contributed by atoms with van der Waals surface area (Å²) in [5.74, 6) is 0.895. The van der Waals surface area contributed by atoms with Crippen molar-refractivity contribution in [3.63, 3.8) is 0 Å². The zero-order valence-electron chi connectivity index (χ0n) is 10.7. The van der Waals surface area contributed by atoms with E-state index in [0.29, 0.717) is 0 Å². The molecule has 1 aliphatic rings. The first-order chi connectivity index (χ1) is 8.72. The third-order valence-electron chi connectivity index (χ3n) is 3.62. The molecule has 2 heterocycles. The van der Waals surface area contributed by atoms with E-state index in [2.05, 4.69) is 22.1 Å².